The summed E-state index contributed by atoms with van der Waals surface area (Å²) < 4.78 is 15.7. The summed E-state index contributed by atoms with van der Waals surface area (Å²) >= 11 is 7.17. The molecule has 1 aliphatic rings. The van der Waals surface area contributed by atoms with Gasteiger partial charge in [-0.2, -0.15) is 5.10 Å². The number of hydrogen-bond acceptors (Lipinski definition) is 8. The van der Waals surface area contributed by atoms with Gasteiger partial charge >= 0.3 is 0 Å². The number of amides is 1. The number of hydrogen-bond donors (Lipinski definition) is 1. The number of benzene rings is 2. The number of rotatable bonds is 7. The molecule has 10 heteroatoms. The molecule has 0 saturated carbocycles. The molecule has 1 amide bonds. The van der Waals surface area contributed by atoms with Crippen LogP contribution in [-0.4, -0.2) is 41.5 Å². The van der Waals surface area contributed by atoms with Crippen molar-refractivity contribution in [1.82, 2.24) is 4.90 Å². The molecule has 0 spiro atoms. The highest BCUT2D eigenvalue weighted by atomic mass is 35.5. The molecule has 34 heavy (non-hydrogen) atoms. The number of nitrogens with zero attached hydrogens (tertiary/aromatic N) is 3. The summed E-state index contributed by atoms with van der Waals surface area (Å²) in [6.07, 6.45) is 4.81. The van der Waals surface area contributed by atoms with E-state index in [1.54, 1.807) is 48.7 Å². The summed E-state index contributed by atoms with van der Waals surface area (Å²) in [5.41, 5.74) is 1.44. The van der Waals surface area contributed by atoms with Crippen LogP contribution < -0.4 is 9.47 Å². The second-order valence-corrected chi connectivity index (χ2v) is 8.48. The molecule has 2 heterocycles. The number of amidine groups is 1. The lowest BCUT2D eigenvalue weighted by Crippen LogP contribution is -2.28. The van der Waals surface area contributed by atoms with Crippen molar-refractivity contribution in [2.75, 3.05) is 14.2 Å². The number of carbonyl (C=O) groups is 1. The molecule has 4 rings (SSSR count). The maximum Gasteiger partial charge on any atom is 0.267 e. The SMILES string of the molecule is COc1cc(/C=N/N=C2\S/C(=C\c3ccc(Cl)cc3)C(=O)N2Cc2ccco2)cc(OC)c1O. The summed E-state index contributed by atoms with van der Waals surface area (Å²) in [7, 11) is 2.88. The standard InChI is InChI=1S/C24H20ClN3O5S/c1-31-19-10-16(11-20(32-2)22(19)29)13-26-27-24-28(14-18-4-3-9-33-18)23(30)21(34-24)12-15-5-7-17(25)8-6-15/h3-13,29H,14H2,1-2H3/b21-12-,26-13+,27-24-. The number of methoxy groups -OCH3 is 2. The first-order valence-electron chi connectivity index (χ1n) is 10.0. The van der Waals surface area contributed by atoms with Crippen LogP contribution in [0.1, 0.15) is 16.9 Å². The second kappa shape index (κ2) is 10.5. The van der Waals surface area contributed by atoms with Crippen molar-refractivity contribution >= 4 is 46.7 Å². The van der Waals surface area contributed by atoms with Crippen LogP contribution in [0.3, 0.4) is 0 Å². The Labute approximate surface area is 205 Å². The van der Waals surface area contributed by atoms with Crippen LogP contribution in [0.2, 0.25) is 5.02 Å². The minimum atomic E-state index is -0.210. The van der Waals surface area contributed by atoms with Crippen molar-refractivity contribution in [2.45, 2.75) is 6.54 Å². The smallest absolute Gasteiger partial charge is 0.267 e. The van der Waals surface area contributed by atoms with Gasteiger partial charge in [0.2, 0.25) is 5.75 Å². The van der Waals surface area contributed by atoms with Crippen molar-refractivity contribution in [3.8, 4) is 17.2 Å². The highest BCUT2D eigenvalue weighted by Gasteiger charge is 2.34. The van der Waals surface area contributed by atoms with Crippen LogP contribution in [0.4, 0.5) is 0 Å². The fourth-order valence-corrected chi connectivity index (χ4v) is 4.18. The first-order valence-corrected chi connectivity index (χ1v) is 11.2. The molecule has 1 saturated heterocycles. The zero-order valence-corrected chi connectivity index (χ0v) is 19.8. The molecule has 0 aliphatic carbocycles. The van der Waals surface area contributed by atoms with E-state index in [4.69, 9.17) is 25.5 Å². The summed E-state index contributed by atoms with van der Waals surface area (Å²) in [6.45, 7) is 0.214. The summed E-state index contributed by atoms with van der Waals surface area (Å²) in [4.78, 5) is 15.1. The summed E-state index contributed by atoms with van der Waals surface area (Å²) in [5, 5.41) is 19.5. The molecular weight excluding hydrogens is 478 g/mol. The summed E-state index contributed by atoms with van der Waals surface area (Å²) in [5.74, 6) is 0.787. The Morgan fingerprint density at radius 2 is 1.82 bits per heavy atom. The monoisotopic (exact) mass is 497 g/mol. The van der Waals surface area contributed by atoms with Crippen LogP contribution in [0.15, 0.2) is 74.3 Å². The van der Waals surface area contributed by atoms with E-state index in [0.29, 0.717) is 26.4 Å². The highest BCUT2D eigenvalue weighted by Crippen LogP contribution is 2.37. The van der Waals surface area contributed by atoms with E-state index in [9.17, 15) is 9.90 Å². The van der Waals surface area contributed by atoms with E-state index in [-0.39, 0.29) is 29.7 Å². The van der Waals surface area contributed by atoms with Crippen LogP contribution in [0.25, 0.3) is 6.08 Å². The Bertz CT molecular complexity index is 1250. The van der Waals surface area contributed by atoms with E-state index >= 15 is 0 Å². The predicted octanol–water partition coefficient (Wildman–Crippen LogP) is 5.16. The molecule has 1 N–H and O–H groups in total. The molecule has 0 radical (unpaired) electrons. The molecule has 0 atom stereocenters. The minimum absolute atomic E-state index is 0.105. The van der Waals surface area contributed by atoms with Crippen LogP contribution in [-0.2, 0) is 11.3 Å². The first-order chi connectivity index (χ1) is 16.5. The van der Waals surface area contributed by atoms with Crippen molar-refractivity contribution in [3.05, 3.63) is 81.6 Å². The van der Waals surface area contributed by atoms with Gasteiger partial charge in [0.1, 0.15) is 5.76 Å². The topological polar surface area (TPSA) is 96.9 Å². The van der Waals surface area contributed by atoms with Crippen molar-refractivity contribution in [2.24, 2.45) is 10.2 Å². The van der Waals surface area contributed by atoms with Gasteiger partial charge in [-0.05, 0) is 59.8 Å². The molecule has 1 aromatic heterocycles. The van der Waals surface area contributed by atoms with E-state index in [0.717, 1.165) is 5.56 Å². The minimum Gasteiger partial charge on any atom is -0.502 e. The van der Waals surface area contributed by atoms with Crippen LogP contribution in [0, 0.1) is 0 Å². The molecular formula is C24H20ClN3O5S. The molecule has 0 bridgehead atoms. The van der Waals surface area contributed by atoms with Gasteiger partial charge in [-0.25, -0.2) is 0 Å². The maximum absolute atomic E-state index is 13.1. The zero-order valence-electron chi connectivity index (χ0n) is 18.3. The number of ether oxygens (including phenoxy) is 2. The molecule has 8 nitrogen and oxygen atoms in total. The average Bonchev–Trinajstić information content (AvgIpc) is 3.45. The Morgan fingerprint density at radius 1 is 1.12 bits per heavy atom. The number of aromatic hydroxyl groups is 1. The lowest BCUT2D eigenvalue weighted by molar-refractivity contribution is -0.122. The van der Waals surface area contributed by atoms with E-state index in [1.165, 1.54) is 37.1 Å². The fraction of sp³-hybridized carbons (Fsp3) is 0.125. The Kier molecular flexibility index (Phi) is 7.24. The maximum atomic E-state index is 13.1. The first kappa shape index (κ1) is 23.5. The van der Waals surface area contributed by atoms with Crippen molar-refractivity contribution in [1.29, 1.82) is 0 Å². The van der Waals surface area contributed by atoms with Gasteiger partial charge in [0, 0.05) is 10.6 Å². The van der Waals surface area contributed by atoms with Gasteiger partial charge in [0.15, 0.2) is 16.7 Å². The quantitative estimate of drug-likeness (QED) is 0.275. The van der Waals surface area contributed by atoms with E-state index < -0.39 is 0 Å². The molecule has 1 aliphatic heterocycles. The van der Waals surface area contributed by atoms with Crippen molar-refractivity contribution < 1.29 is 23.8 Å². The largest absolute Gasteiger partial charge is 0.502 e. The average molecular weight is 498 g/mol. The Hall–Kier alpha value is -3.69. The third kappa shape index (κ3) is 5.27. The number of furan rings is 1. The number of carbonyl (C=O) groups excluding carboxylic acids is 1. The Balaban J connectivity index is 1.63. The number of halogens is 1. The van der Waals surface area contributed by atoms with Gasteiger partial charge in [-0.3, -0.25) is 9.69 Å². The van der Waals surface area contributed by atoms with Gasteiger partial charge in [-0.1, -0.05) is 23.7 Å². The molecule has 0 unspecified atom stereocenters. The van der Waals surface area contributed by atoms with Crippen LogP contribution in [0.5, 0.6) is 17.2 Å². The third-order valence-corrected chi connectivity index (χ3v) is 6.05. The van der Waals surface area contributed by atoms with E-state index in [2.05, 4.69) is 10.2 Å². The molecule has 2 aromatic carbocycles. The number of phenols is 1. The van der Waals surface area contributed by atoms with E-state index in [1.807, 2.05) is 12.1 Å². The van der Waals surface area contributed by atoms with Gasteiger partial charge in [-0.15, -0.1) is 5.10 Å². The normalized spacial score (nSPS) is 16.2. The van der Waals surface area contributed by atoms with Gasteiger partial charge < -0.3 is 19.0 Å². The second-order valence-electron chi connectivity index (χ2n) is 7.03. The number of phenolic OH excluding ortho intramolecular Hbond substituents is 1. The van der Waals surface area contributed by atoms with Gasteiger partial charge in [0.25, 0.3) is 5.91 Å². The fourth-order valence-electron chi connectivity index (χ4n) is 3.12. The van der Waals surface area contributed by atoms with Crippen LogP contribution >= 0.6 is 23.4 Å². The number of thioether (sulfide) groups is 1. The highest BCUT2D eigenvalue weighted by molar-refractivity contribution is 8.18. The predicted molar refractivity (Wildman–Crippen MR) is 133 cm³/mol. The lowest BCUT2D eigenvalue weighted by atomic mass is 10.2. The Morgan fingerprint density at radius 3 is 2.44 bits per heavy atom. The zero-order chi connectivity index (χ0) is 24.1. The summed E-state index contributed by atoms with van der Waals surface area (Å²) in [6, 6.07) is 13.9. The third-order valence-electron chi connectivity index (χ3n) is 4.80. The molecule has 174 valence electrons. The molecule has 1 fully saturated rings. The lowest BCUT2D eigenvalue weighted by Gasteiger charge is -2.12. The molecule has 3 aromatic rings. The van der Waals surface area contributed by atoms with Crippen molar-refractivity contribution in [3.63, 3.8) is 0 Å². The van der Waals surface area contributed by atoms with Gasteiger partial charge in [0.05, 0.1) is 38.1 Å².